The van der Waals surface area contributed by atoms with Crippen LogP contribution in [0.2, 0.25) is 0 Å². The molecule has 0 saturated heterocycles. The quantitative estimate of drug-likeness (QED) is 0.0232. The van der Waals surface area contributed by atoms with Crippen molar-refractivity contribution < 1.29 is 77.6 Å². The van der Waals surface area contributed by atoms with Crippen molar-refractivity contribution in [3.63, 3.8) is 0 Å². The molecule has 0 amide bonds. The molecule has 14 nitrogen and oxygen atoms in total. The second-order valence-electron chi connectivity index (χ2n) is 10.2. The first-order valence-electron chi connectivity index (χ1n) is 16.7. The van der Waals surface area contributed by atoms with Crippen LogP contribution in [0.1, 0.15) is 99.8 Å². The number of esters is 3. The lowest BCUT2D eigenvalue weighted by Gasteiger charge is -2.11. The first kappa shape index (κ1) is 52.4. The molecule has 0 aliphatic carbocycles. The number of hydrogen-bond donors (Lipinski definition) is 2. The van der Waals surface area contributed by atoms with E-state index in [0.717, 1.165) is 34.7 Å². The summed E-state index contributed by atoms with van der Waals surface area (Å²) >= 11 is 0. The number of hydrogen-bond acceptors (Lipinski definition) is 12. The highest BCUT2D eigenvalue weighted by Gasteiger charge is 2.44. The van der Waals surface area contributed by atoms with Crippen LogP contribution in [-0.4, -0.2) is 82.4 Å². The summed E-state index contributed by atoms with van der Waals surface area (Å²) in [6, 6.07) is 0. The molecule has 0 radical (unpaired) electrons. The van der Waals surface area contributed by atoms with Gasteiger partial charge in [-0.25, -0.2) is 14.4 Å². The number of rotatable bonds is 15. The summed E-state index contributed by atoms with van der Waals surface area (Å²) in [6.45, 7) is 12.9. The fraction of sp³-hybridized carbons (Fsp3) is 0.625. The van der Waals surface area contributed by atoms with Gasteiger partial charge in [-0.05, 0) is 47.0 Å². The van der Waals surface area contributed by atoms with Gasteiger partial charge in [-0.2, -0.15) is 49.7 Å². The Hall–Kier alpha value is -4.67. The zero-order valence-corrected chi connectivity index (χ0v) is 31.3. The van der Waals surface area contributed by atoms with E-state index in [9.17, 15) is 58.7 Å². The Labute approximate surface area is 311 Å². The Morgan fingerprint density at radius 2 is 1.27 bits per heavy atom. The predicted octanol–water partition coefficient (Wildman–Crippen LogP) is 6.44. The highest BCUT2D eigenvalue weighted by Crippen LogP contribution is 2.33. The number of alkyl halides is 9. The predicted molar refractivity (Wildman–Crippen MR) is 177 cm³/mol. The molecule has 23 heteroatoms. The molecule has 2 rings (SSSR count). The summed E-state index contributed by atoms with van der Waals surface area (Å²) in [4.78, 5) is 44.6. The fourth-order valence-corrected chi connectivity index (χ4v) is 3.62. The minimum atomic E-state index is -5.13. The van der Waals surface area contributed by atoms with Crippen molar-refractivity contribution in [2.24, 2.45) is 5.84 Å². The Morgan fingerprint density at radius 1 is 0.745 bits per heavy atom. The van der Waals surface area contributed by atoms with E-state index in [1.54, 1.807) is 13.8 Å². The van der Waals surface area contributed by atoms with Crippen molar-refractivity contribution in [2.45, 2.75) is 99.3 Å². The lowest BCUT2D eigenvalue weighted by Crippen LogP contribution is -2.29. The zero-order chi connectivity index (χ0) is 43.0. The van der Waals surface area contributed by atoms with Crippen molar-refractivity contribution in [3.8, 4) is 0 Å². The molecule has 3 N–H and O–H groups in total. The average Bonchev–Trinajstić information content (AvgIpc) is 3.72. The van der Waals surface area contributed by atoms with E-state index in [1.807, 2.05) is 0 Å². The molecule has 2 aromatic rings. The highest BCUT2D eigenvalue weighted by atomic mass is 19.4. The number of ketones is 1. The number of aromatic nitrogens is 4. The van der Waals surface area contributed by atoms with E-state index >= 15 is 0 Å². The molecule has 55 heavy (non-hydrogen) atoms. The van der Waals surface area contributed by atoms with Crippen LogP contribution in [0, 0.1) is 0 Å². The highest BCUT2D eigenvalue weighted by molar-refractivity contribution is 6.19. The van der Waals surface area contributed by atoms with Crippen molar-refractivity contribution in [3.05, 3.63) is 46.7 Å². The van der Waals surface area contributed by atoms with Crippen LogP contribution in [-0.2, 0) is 54.0 Å². The lowest BCUT2D eigenvalue weighted by molar-refractivity contribution is -0.169. The molecule has 0 saturated carbocycles. The third-order valence-corrected chi connectivity index (χ3v) is 5.78. The maximum absolute atomic E-state index is 12.8. The first-order valence-corrected chi connectivity index (χ1v) is 16.7. The molecule has 2 heterocycles. The van der Waals surface area contributed by atoms with E-state index in [0.29, 0.717) is 25.6 Å². The van der Waals surface area contributed by atoms with Crippen molar-refractivity contribution >= 4 is 23.7 Å². The van der Waals surface area contributed by atoms with Crippen LogP contribution in [0.4, 0.5) is 39.5 Å². The van der Waals surface area contributed by atoms with Gasteiger partial charge in [0.1, 0.15) is 23.0 Å². The summed E-state index contributed by atoms with van der Waals surface area (Å²) in [5.74, 6) is -0.734. The Balaban J connectivity index is 0. The van der Waals surface area contributed by atoms with Gasteiger partial charge in [0.15, 0.2) is 11.4 Å². The van der Waals surface area contributed by atoms with Crippen molar-refractivity contribution in [1.82, 2.24) is 25.0 Å². The molecular weight excluding hydrogens is 767 g/mol. The number of aryl methyl sites for hydroxylation is 2. The van der Waals surface area contributed by atoms with Gasteiger partial charge < -0.3 is 18.9 Å². The summed E-state index contributed by atoms with van der Waals surface area (Å²) in [7, 11) is 0. The monoisotopic (exact) mass is 814 g/mol. The zero-order valence-electron chi connectivity index (χ0n) is 31.3. The summed E-state index contributed by atoms with van der Waals surface area (Å²) in [5, 5.41) is 6.94. The number of nitrogens with two attached hydrogens (primary N) is 1. The van der Waals surface area contributed by atoms with Crippen molar-refractivity contribution in [1.29, 1.82) is 0 Å². The number of carbonyl (C=O) groups excluding carboxylic acids is 4. The molecule has 0 aromatic carbocycles. The lowest BCUT2D eigenvalue weighted by atomic mass is 10.2. The topological polar surface area (TPSA) is 179 Å². The first-order chi connectivity index (χ1) is 25.6. The van der Waals surface area contributed by atoms with Crippen LogP contribution in [0.3, 0.4) is 0 Å². The summed E-state index contributed by atoms with van der Waals surface area (Å²) < 4.78 is 132. The number of hydrazine groups is 1. The molecule has 0 fully saturated rings. The number of halogens is 9. The fourth-order valence-electron chi connectivity index (χ4n) is 3.62. The van der Waals surface area contributed by atoms with Gasteiger partial charge in [-0.3, -0.25) is 25.4 Å². The van der Waals surface area contributed by atoms with E-state index in [2.05, 4.69) is 41.5 Å². The molecule has 0 atom stereocenters. The van der Waals surface area contributed by atoms with Crippen molar-refractivity contribution in [2.75, 3.05) is 33.0 Å². The van der Waals surface area contributed by atoms with Crippen LogP contribution in [0.25, 0.3) is 0 Å². The molecule has 0 spiro atoms. The third-order valence-electron chi connectivity index (χ3n) is 5.78. The smallest absolute Gasteiger partial charge is 0.455 e. The third kappa shape index (κ3) is 19.5. The number of nitrogens with one attached hydrogen (secondary N) is 1. The minimum Gasteiger partial charge on any atom is -0.500 e. The number of Topliss-reactive ketones (excluding diaryl/α,β-unsaturated/α-hetero) is 1. The number of carbonyl (C=O) groups is 4. The van der Waals surface area contributed by atoms with Gasteiger partial charge in [0.2, 0.25) is 0 Å². The van der Waals surface area contributed by atoms with Crippen LogP contribution in [0.5, 0.6) is 0 Å². The number of nitrogens with zero attached hydrogens (tertiary/aromatic N) is 4. The second-order valence-corrected chi connectivity index (χ2v) is 10.2. The van der Waals surface area contributed by atoms with E-state index in [4.69, 9.17) is 5.84 Å². The van der Waals surface area contributed by atoms with Crippen LogP contribution >= 0.6 is 0 Å². The van der Waals surface area contributed by atoms with Gasteiger partial charge in [-0.15, -0.1) is 0 Å². The van der Waals surface area contributed by atoms with Gasteiger partial charge in [-0.1, -0.05) is 20.8 Å². The van der Waals surface area contributed by atoms with Crippen LogP contribution in [0.15, 0.2) is 24.2 Å². The second kappa shape index (κ2) is 26.2. The molecular formula is C32H47F9N6O8. The van der Waals surface area contributed by atoms with Gasteiger partial charge in [0, 0.05) is 25.8 Å². The minimum absolute atomic E-state index is 0.0229. The van der Waals surface area contributed by atoms with E-state index < -0.39 is 70.3 Å². The standard InChI is InChI=1S/2C10H13F3N2O2.C9H11F3O4.C3H10N2/c1-3-5-15-6-7(9(16)17-4-2)8(14-15)10(11,12)13;1-3-5-15-8(10(11,12)13)7(6-14-15)9(16)17-4-2;1-3-15-5-6(8(14)16-4-2)7(13)9(10,11)12;1-2-3-5-4/h2*6H,3-5H2,1-2H3;5H,3-4H2,1-2H3;5H,2-4H2,1H3. The maximum Gasteiger partial charge on any atom is 0.455 e. The summed E-state index contributed by atoms with van der Waals surface area (Å²) in [5.41, 5.74) is -1.94. The Kier molecular flexibility index (Phi) is 25.0. The molecule has 0 unspecified atom stereocenters. The molecule has 2 aromatic heterocycles. The molecule has 0 aliphatic heterocycles. The number of ether oxygens (including phenoxy) is 4. The van der Waals surface area contributed by atoms with E-state index in [1.165, 1.54) is 27.7 Å². The normalized spacial score (nSPS) is 11.5. The SMILES string of the molecule is CCCNN.CCCn1cc(C(=O)OCC)c(C(F)(F)F)n1.CCCn1ncc(C(=O)OCC)c1C(F)(F)F.CCOC=C(C(=O)OCC)C(=O)C(F)(F)F. The Morgan fingerprint density at radius 3 is 1.65 bits per heavy atom. The Bertz CT molecular complexity index is 1470. The van der Waals surface area contributed by atoms with E-state index in [-0.39, 0.29) is 33.0 Å². The summed E-state index contributed by atoms with van der Waals surface area (Å²) in [6.07, 6.45) is -9.73. The average molecular weight is 815 g/mol. The molecule has 0 bridgehead atoms. The molecule has 316 valence electrons. The molecule has 0 aliphatic rings. The van der Waals surface area contributed by atoms with Gasteiger partial charge in [0.25, 0.3) is 5.78 Å². The van der Waals surface area contributed by atoms with Gasteiger partial charge in [0.05, 0.1) is 32.6 Å². The van der Waals surface area contributed by atoms with Crippen LogP contribution < -0.4 is 11.3 Å². The largest absolute Gasteiger partial charge is 0.500 e. The van der Waals surface area contributed by atoms with Gasteiger partial charge >= 0.3 is 36.4 Å². The maximum atomic E-state index is 12.8.